The molecule has 0 amide bonds. The Labute approximate surface area is 368 Å². The van der Waals surface area contributed by atoms with Crippen molar-refractivity contribution in [3.63, 3.8) is 0 Å². The van der Waals surface area contributed by atoms with E-state index in [4.69, 9.17) is 22.9 Å². The zero-order valence-corrected chi connectivity index (χ0v) is 39.7. The second-order valence-electron chi connectivity index (χ2n) is 17.0. The number of ether oxygens (including phenoxy) is 2. The predicted octanol–water partition coefficient (Wildman–Crippen LogP) is 9.65. The number of furan rings is 1. The van der Waals surface area contributed by atoms with Crippen molar-refractivity contribution in [1.29, 1.82) is 0 Å². The fourth-order valence-corrected chi connectivity index (χ4v) is 7.05. The fourth-order valence-electron chi connectivity index (χ4n) is 6.33. The van der Waals surface area contributed by atoms with Crippen molar-refractivity contribution in [2.24, 2.45) is 0 Å². The van der Waals surface area contributed by atoms with Gasteiger partial charge < -0.3 is 42.5 Å². The van der Waals surface area contributed by atoms with E-state index in [9.17, 15) is 29.3 Å². The first kappa shape index (κ1) is 56.2. The Kier molecular flexibility index (Phi) is 31.0. The Morgan fingerprint density at radius 2 is 1.26 bits per heavy atom. The van der Waals surface area contributed by atoms with Crippen molar-refractivity contribution in [1.82, 2.24) is 0 Å². The van der Waals surface area contributed by atoms with Gasteiger partial charge in [0.1, 0.15) is 31.3 Å². The standard InChI is InChI=1S/C48H82NO11P/c1-8-10-22-29-42(50)30-23-18-14-13-15-19-24-31-43(51)32-27-35-48(53)59-44(39-58-61(54,55)57-37-36-49(5,6)7)38-56-47(52)34-26-21-17-12-11-16-20-25-33-46-41(4)40(3)45(60-46)28-9-2/h14-15,18-19,23-24,30-31,42-44,50-51H,8-13,16-17,20-22,25-29,32-39H2,1-7H3/b18-14-,19-15-,30-23+,31-24+/t42-,43-,44-/m1/s1. The molecule has 1 heterocycles. The van der Waals surface area contributed by atoms with Gasteiger partial charge in [0.15, 0.2) is 6.10 Å². The molecule has 61 heavy (non-hydrogen) atoms. The summed E-state index contributed by atoms with van der Waals surface area (Å²) in [4.78, 5) is 37.7. The summed E-state index contributed by atoms with van der Waals surface area (Å²) in [6, 6.07) is 0. The number of phosphoric acid groups is 1. The summed E-state index contributed by atoms with van der Waals surface area (Å²) in [5, 5.41) is 20.2. The number of unbranched alkanes of at least 4 members (excludes halogenated alkanes) is 9. The first-order chi connectivity index (χ1) is 29.1. The van der Waals surface area contributed by atoms with E-state index >= 15 is 0 Å². The monoisotopic (exact) mass is 880 g/mol. The molecule has 0 radical (unpaired) electrons. The van der Waals surface area contributed by atoms with Crippen LogP contribution in [0.25, 0.3) is 0 Å². The molecule has 0 saturated carbocycles. The molecule has 0 saturated heterocycles. The molecule has 0 spiro atoms. The van der Waals surface area contributed by atoms with Crippen LogP contribution in [0.2, 0.25) is 0 Å². The maximum absolute atomic E-state index is 12.7. The largest absolute Gasteiger partial charge is 0.756 e. The van der Waals surface area contributed by atoms with Gasteiger partial charge in [-0.15, -0.1) is 0 Å². The Hall–Kier alpha value is -2.83. The minimum atomic E-state index is -4.71. The van der Waals surface area contributed by atoms with Gasteiger partial charge in [-0.05, 0) is 69.9 Å². The molecule has 13 heteroatoms. The van der Waals surface area contributed by atoms with Gasteiger partial charge in [-0.1, -0.05) is 120 Å². The van der Waals surface area contributed by atoms with Crippen LogP contribution < -0.4 is 4.89 Å². The Morgan fingerprint density at radius 3 is 1.85 bits per heavy atom. The molecule has 350 valence electrons. The number of aliphatic hydroxyl groups is 2. The second kappa shape index (κ2) is 33.7. The molecule has 0 fully saturated rings. The van der Waals surface area contributed by atoms with E-state index in [1.54, 1.807) is 18.2 Å². The topological polar surface area (TPSA) is 165 Å². The van der Waals surface area contributed by atoms with Crippen LogP contribution in [0.15, 0.2) is 53.0 Å². The van der Waals surface area contributed by atoms with E-state index in [-0.39, 0.29) is 26.1 Å². The van der Waals surface area contributed by atoms with Crippen LogP contribution in [0.1, 0.15) is 152 Å². The number of nitrogens with zero attached hydrogens (tertiary/aromatic N) is 1. The summed E-state index contributed by atoms with van der Waals surface area (Å²) in [5.41, 5.74) is 2.60. The molecule has 1 aromatic heterocycles. The van der Waals surface area contributed by atoms with Crippen molar-refractivity contribution >= 4 is 19.8 Å². The number of hydrogen-bond donors (Lipinski definition) is 2. The summed E-state index contributed by atoms with van der Waals surface area (Å²) in [5.74, 6) is 1.18. The molecular formula is C48H82NO11P. The number of likely N-dealkylation sites (N-methyl/N-ethyl adjacent to an activating group) is 1. The smallest absolute Gasteiger partial charge is 0.306 e. The third-order valence-corrected chi connectivity index (χ3v) is 11.2. The summed E-state index contributed by atoms with van der Waals surface area (Å²) >= 11 is 0. The fraction of sp³-hybridized carbons (Fsp3) is 0.708. The second-order valence-corrected chi connectivity index (χ2v) is 18.5. The number of rotatable bonds is 37. The van der Waals surface area contributed by atoms with E-state index in [0.717, 1.165) is 95.0 Å². The van der Waals surface area contributed by atoms with Gasteiger partial charge in [-0.2, -0.15) is 0 Å². The number of allylic oxidation sites excluding steroid dienone is 6. The third-order valence-electron chi connectivity index (χ3n) is 10.2. The number of aliphatic hydroxyl groups excluding tert-OH is 2. The summed E-state index contributed by atoms with van der Waals surface area (Å²) in [6.45, 7) is 8.05. The van der Waals surface area contributed by atoms with Gasteiger partial charge in [-0.3, -0.25) is 14.2 Å². The van der Waals surface area contributed by atoms with E-state index in [1.807, 2.05) is 51.5 Å². The van der Waals surface area contributed by atoms with Crippen molar-refractivity contribution < 1.29 is 56.7 Å². The molecule has 0 aliphatic rings. The van der Waals surface area contributed by atoms with Crippen molar-refractivity contribution in [2.75, 3.05) is 47.5 Å². The van der Waals surface area contributed by atoms with Gasteiger partial charge in [0.05, 0.1) is 40.0 Å². The molecule has 0 aromatic carbocycles. The van der Waals surface area contributed by atoms with Crippen LogP contribution >= 0.6 is 7.82 Å². The van der Waals surface area contributed by atoms with E-state index in [0.29, 0.717) is 36.7 Å². The Balaban J connectivity index is 2.44. The summed E-state index contributed by atoms with van der Waals surface area (Å²) in [6.07, 6.45) is 29.2. The van der Waals surface area contributed by atoms with Gasteiger partial charge in [0.2, 0.25) is 0 Å². The molecule has 4 atom stereocenters. The zero-order chi connectivity index (χ0) is 45.4. The first-order valence-electron chi connectivity index (χ1n) is 22.9. The molecule has 0 bridgehead atoms. The van der Waals surface area contributed by atoms with Crippen LogP contribution in [0.3, 0.4) is 0 Å². The average molecular weight is 880 g/mol. The summed E-state index contributed by atoms with van der Waals surface area (Å²) in [7, 11) is 0.992. The number of carbonyl (C=O) groups is 2. The first-order valence-corrected chi connectivity index (χ1v) is 24.4. The van der Waals surface area contributed by atoms with Crippen LogP contribution in [0.5, 0.6) is 0 Å². The van der Waals surface area contributed by atoms with Crippen LogP contribution in [0.4, 0.5) is 0 Å². The molecule has 12 nitrogen and oxygen atoms in total. The molecule has 1 unspecified atom stereocenters. The lowest BCUT2D eigenvalue weighted by molar-refractivity contribution is -0.870. The maximum Gasteiger partial charge on any atom is 0.306 e. The number of quaternary nitrogens is 1. The SMILES string of the molecule is CCCCC[C@@H](O)/C=C/C=C\C/C=C\C=C\[C@@H](O)CCCC(=O)O[C@H](COC(=O)CCCCCCCCCCc1oc(CCC)c(C)c1C)COP(=O)([O-])OCC[N+](C)(C)C. The number of phosphoric ester groups is 1. The third kappa shape index (κ3) is 30.8. The normalized spacial score (nSPS) is 15.0. The van der Waals surface area contributed by atoms with Crippen LogP contribution in [-0.4, -0.2) is 92.5 Å². The van der Waals surface area contributed by atoms with Crippen molar-refractivity contribution in [3.8, 4) is 0 Å². The number of hydrogen-bond acceptors (Lipinski definition) is 11. The lowest BCUT2D eigenvalue weighted by atomic mass is 10.0. The molecule has 1 aromatic rings. The van der Waals surface area contributed by atoms with Gasteiger partial charge in [-0.25, -0.2) is 0 Å². The molecule has 0 aliphatic carbocycles. The van der Waals surface area contributed by atoms with Gasteiger partial charge >= 0.3 is 11.9 Å². The molecular weight excluding hydrogens is 797 g/mol. The van der Waals surface area contributed by atoms with Crippen molar-refractivity contribution in [2.45, 2.75) is 174 Å². The minimum absolute atomic E-state index is 0.0327. The Morgan fingerprint density at radius 1 is 0.705 bits per heavy atom. The average Bonchev–Trinajstić information content (AvgIpc) is 3.46. The molecule has 2 N–H and O–H groups in total. The van der Waals surface area contributed by atoms with E-state index < -0.39 is 44.7 Å². The predicted molar refractivity (Wildman–Crippen MR) is 242 cm³/mol. The van der Waals surface area contributed by atoms with E-state index in [1.165, 1.54) is 17.5 Å². The molecule has 1 rings (SSSR count). The maximum atomic E-state index is 12.7. The quantitative estimate of drug-likeness (QED) is 0.0215. The number of carbonyl (C=O) groups excluding carboxylic acids is 2. The highest BCUT2D eigenvalue weighted by Gasteiger charge is 2.22. The van der Waals surface area contributed by atoms with E-state index in [2.05, 4.69) is 27.7 Å². The zero-order valence-electron chi connectivity index (χ0n) is 38.8. The number of aryl methyl sites for hydroxylation is 2. The Bertz CT molecular complexity index is 1490. The summed E-state index contributed by atoms with van der Waals surface area (Å²) < 4.78 is 39.9. The molecule has 0 aliphatic heterocycles. The lowest BCUT2D eigenvalue weighted by Crippen LogP contribution is -2.37. The van der Waals surface area contributed by atoms with Gasteiger partial charge in [0.25, 0.3) is 7.82 Å². The lowest BCUT2D eigenvalue weighted by Gasteiger charge is -2.28. The highest BCUT2D eigenvalue weighted by Crippen LogP contribution is 2.38. The van der Waals surface area contributed by atoms with Gasteiger partial charge in [0, 0.05) is 25.7 Å². The minimum Gasteiger partial charge on any atom is -0.756 e. The highest BCUT2D eigenvalue weighted by molar-refractivity contribution is 7.45. The number of esters is 2. The van der Waals surface area contributed by atoms with Crippen LogP contribution in [-0.2, 0) is 45.5 Å². The van der Waals surface area contributed by atoms with Crippen LogP contribution in [0, 0.1) is 13.8 Å². The highest BCUT2D eigenvalue weighted by atomic mass is 31.2. The van der Waals surface area contributed by atoms with Crippen molar-refractivity contribution in [3.05, 3.63) is 71.3 Å².